The van der Waals surface area contributed by atoms with E-state index in [1.807, 2.05) is 30.3 Å². The molecular weight excluding hydrogens is 356 g/mol. The molecule has 0 saturated carbocycles. The SMILES string of the molecule is CC(C)Cc1noc(CNC(=O)[C@H](C)N2C(=O)c3cccc4cccc2c34)n1. The van der Waals surface area contributed by atoms with Crippen LogP contribution in [0.15, 0.2) is 40.9 Å². The number of carbonyl (C=O) groups excluding carboxylic acids is 2. The predicted molar refractivity (Wildman–Crippen MR) is 105 cm³/mol. The van der Waals surface area contributed by atoms with Gasteiger partial charge in [-0.15, -0.1) is 0 Å². The van der Waals surface area contributed by atoms with Crippen molar-refractivity contribution in [3.05, 3.63) is 53.7 Å². The Hall–Kier alpha value is -3.22. The highest BCUT2D eigenvalue weighted by atomic mass is 16.5. The normalized spacial score (nSPS) is 14.1. The van der Waals surface area contributed by atoms with E-state index in [4.69, 9.17) is 4.52 Å². The molecule has 4 rings (SSSR count). The molecule has 0 fully saturated rings. The first kappa shape index (κ1) is 18.2. The molecule has 7 nitrogen and oxygen atoms in total. The third-order valence-corrected chi connectivity index (χ3v) is 4.87. The standard InChI is InChI=1S/C21H22N4O3/c1-12(2)10-17-23-18(28-24-17)11-22-20(26)13(3)25-16-9-5-7-14-6-4-8-15(19(14)16)21(25)27/h4-9,12-13H,10-11H2,1-3H3,(H,22,26)/t13-/m0/s1. The number of anilines is 1. The van der Waals surface area contributed by atoms with Crippen LogP contribution in [-0.4, -0.2) is 28.0 Å². The number of amides is 2. The number of benzene rings is 2. The molecule has 0 radical (unpaired) electrons. The van der Waals surface area contributed by atoms with Crippen molar-refractivity contribution in [2.24, 2.45) is 5.92 Å². The minimum absolute atomic E-state index is 0.132. The van der Waals surface area contributed by atoms with Gasteiger partial charge in [-0.3, -0.25) is 14.5 Å². The molecule has 1 aromatic heterocycles. The number of rotatable bonds is 6. The molecule has 0 bridgehead atoms. The van der Waals surface area contributed by atoms with Crippen LogP contribution in [0, 0.1) is 5.92 Å². The Labute approximate surface area is 162 Å². The van der Waals surface area contributed by atoms with Crippen LogP contribution < -0.4 is 10.2 Å². The lowest BCUT2D eigenvalue weighted by atomic mass is 10.1. The highest BCUT2D eigenvalue weighted by Gasteiger charge is 2.35. The fourth-order valence-corrected chi connectivity index (χ4v) is 3.56. The summed E-state index contributed by atoms with van der Waals surface area (Å²) in [5, 5.41) is 8.59. The van der Waals surface area contributed by atoms with Crippen molar-refractivity contribution in [3.63, 3.8) is 0 Å². The zero-order valence-corrected chi connectivity index (χ0v) is 16.1. The Morgan fingerprint density at radius 2 is 1.93 bits per heavy atom. The molecule has 1 N–H and O–H groups in total. The van der Waals surface area contributed by atoms with Crippen LogP contribution in [0.25, 0.3) is 10.8 Å². The summed E-state index contributed by atoms with van der Waals surface area (Å²) >= 11 is 0. The summed E-state index contributed by atoms with van der Waals surface area (Å²) in [5.74, 6) is 0.970. The van der Waals surface area contributed by atoms with E-state index in [2.05, 4.69) is 29.3 Å². The van der Waals surface area contributed by atoms with Gasteiger partial charge < -0.3 is 9.84 Å². The van der Waals surface area contributed by atoms with Crippen LogP contribution in [0.3, 0.4) is 0 Å². The number of carbonyl (C=O) groups is 2. The number of nitrogens with one attached hydrogen (secondary N) is 1. The molecular formula is C21H22N4O3. The molecule has 0 saturated heterocycles. The number of hydrogen-bond acceptors (Lipinski definition) is 5. The van der Waals surface area contributed by atoms with Gasteiger partial charge in [0.25, 0.3) is 5.91 Å². The van der Waals surface area contributed by atoms with Gasteiger partial charge in [-0.1, -0.05) is 43.3 Å². The molecule has 1 aliphatic heterocycles. The first-order chi connectivity index (χ1) is 13.5. The lowest BCUT2D eigenvalue weighted by Crippen LogP contribution is -2.46. The van der Waals surface area contributed by atoms with E-state index in [0.717, 1.165) is 22.9 Å². The summed E-state index contributed by atoms with van der Waals surface area (Å²) in [5.41, 5.74) is 1.39. The Balaban J connectivity index is 1.48. The third kappa shape index (κ3) is 3.13. The maximum absolute atomic E-state index is 12.9. The van der Waals surface area contributed by atoms with Crippen LogP contribution in [0.1, 0.15) is 42.8 Å². The molecule has 0 spiro atoms. The molecule has 2 heterocycles. The quantitative estimate of drug-likeness (QED) is 0.712. The lowest BCUT2D eigenvalue weighted by Gasteiger charge is -2.24. The van der Waals surface area contributed by atoms with Gasteiger partial charge in [0, 0.05) is 17.4 Å². The van der Waals surface area contributed by atoms with E-state index in [0.29, 0.717) is 23.2 Å². The van der Waals surface area contributed by atoms with Crippen LogP contribution in [-0.2, 0) is 17.8 Å². The molecule has 144 valence electrons. The zero-order chi connectivity index (χ0) is 19.8. The molecule has 2 aromatic carbocycles. The average molecular weight is 378 g/mol. The molecule has 0 aliphatic carbocycles. The van der Waals surface area contributed by atoms with E-state index in [1.165, 1.54) is 0 Å². The fourth-order valence-electron chi connectivity index (χ4n) is 3.56. The van der Waals surface area contributed by atoms with Crippen LogP contribution in [0.4, 0.5) is 5.69 Å². The van der Waals surface area contributed by atoms with E-state index >= 15 is 0 Å². The van der Waals surface area contributed by atoms with Crippen LogP contribution in [0.2, 0.25) is 0 Å². The third-order valence-electron chi connectivity index (χ3n) is 4.87. The van der Waals surface area contributed by atoms with Crippen LogP contribution in [0.5, 0.6) is 0 Å². The Morgan fingerprint density at radius 1 is 1.18 bits per heavy atom. The fraction of sp³-hybridized carbons (Fsp3) is 0.333. The summed E-state index contributed by atoms with van der Waals surface area (Å²) in [6.07, 6.45) is 0.721. The predicted octanol–water partition coefficient (Wildman–Crippen LogP) is 3.09. The largest absolute Gasteiger partial charge is 0.345 e. The van der Waals surface area contributed by atoms with E-state index in [-0.39, 0.29) is 18.4 Å². The van der Waals surface area contributed by atoms with Crippen molar-refractivity contribution in [1.29, 1.82) is 0 Å². The molecule has 0 unspecified atom stereocenters. The van der Waals surface area contributed by atoms with E-state index < -0.39 is 6.04 Å². The first-order valence-corrected chi connectivity index (χ1v) is 9.40. The number of hydrogen-bond donors (Lipinski definition) is 1. The van der Waals surface area contributed by atoms with E-state index in [9.17, 15) is 9.59 Å². The summed E-state index contributed by atoms with van der Waals surface area (Å²) in [4.78, 5) is 31.4. The molecule has 3 aromatic rings. The van der Waals surface area contributed by atoms with Gasteiger partial charge >= 0.3 is 0 Å². The van der Waals surface area contributed by atoms with Gasteiger partial charge in [-0.2, -0.15) is 4.98 Å². The van der Waals surface area contributed by atoms with Crippen molar-refractivity contribution in [2.45, 2.75) is 39.8 Å². The molecule has 1 atom stereocenters. The summed E-state index contributed by atoms with van der Waals surface area (Å²) < 4.78 is 5.18. The van der Waals surface area contributed by atoms with Gasteiger partial charge in [0.1, 0.15) is 6.04 Å². The summed E-state index contributed by atoms with van der Waals surface area (Å²) in [6.45, 7) is 6.00. The van der Waals surface area contributed by atoms with Gasteiger partial charge in [-0.05, 0) is 30.4 Å². The monoisotopic (exact) mass is 378 g/mol. The summed E-state index contributed by atoms with van der Waals surface area (Å²) in [6, 6.07) is 10.7. The maximum atomic E-state index is 12.9. The Bertz CT molecular complexity index is 1050. The smallest absolute Gasteiger partial charge is 0.259 e. The minimum atomic E-state index is -0.663. The molecule has 7 heteroatoms. The Morgan fingerprint density at radius 3 is 2.68 bits per heavy atom. The average Bonchev–Trinajstić information content (AvgIpc) is 3.23. The number of aromatic nitrogens is 2. The van der Waals surface area contributed by atoms with Crippen molar-refractivity contribution in [1.82, 2.24) is 15.5 Å². The topological polar surface area (TPSA) is 88.3 Å². The lowest BCUT2D eigenvalue weighted by molar-refractivity contribution is -0.122. The minimum Gasteiger partial charge on any atom is -0.345 e. The Kier molecular flexibility index (Phi) is 4.58. The maximum Gasteiger partial charge on any atom is 0.259 e. The highest BCUT2D eigenvalue weighted by Crippen LogP contribution is 2.38. The second kappa shape index (κ2) is 7.07. The first-order valence-electron chi connectivity index (χ1n) is 9.40. The van der Waals surface area contributed by atoms with Gasteiger partial charge in [-0.25, -0.2) is 0 Å². The van der Waals surface area contributed by atoms with Crippen molar-refractivity contribution in [2.75, 3.05) is 4.90 Å². The van der Waals surface area contributed by atoms with Gasteiger partial charge in [0.05, 0.1) is 12.2 Å². The highest BCUT2D eigenvalue weighted by molar-refractivity contribution is 6.26. The van der Waals surface area contributed by atoms with Crippen molar-refractivity contribution in [3.8, 4) is 0 Å². The second-order valence-electron chi connectivity index (χ2n) is 7.45. The van der Waals surface area contributed by atoms with Gasteiger partial charge in [0.15, 0.2) is 5.82 Å². The molecule has 28 heavy (non-hydrogen) atoms. The zero-order valence-electron chi connectivity index (χ0n) is 16.1. The van der Waals surface area contributed by atoms with Crippen LogP contribution >= 0.6 is 0 Å². The summed E-state index contributed by atoms with van der Waals surface area (Å²) in [7, 11) is 0. The van der Waals surface area contributed by atoms with Crippen molar-refractivity contribution >= 4 is 28.3 Å². The van der Waals surface area contributed by atoms with Gasteiger partial charge in [0.2, 0.25) is 11.8 Å². The number of nitrogens with zero attached hydrogens (tertiary/aromatic N) is 3. The van der Waals surface area contributed by atoms with E-state index in [1.54, 1.807) is 17.9 Å². The molecule has 2 amide bonds. The molecule has 1 aliphatic rings. The second-order valence-corrected chi connectivity index (χ2v) is 7.45. The van der Waals surface area contributed by atoms with Crippen molar-refractivity contribution < 1.29 is 14.1 Å².